The molecule has 1 N–H and O–H groups in total. The van der Waals surface area contributed by atoms with Crippen LogP contribution >= 0.6 is 0 Å². The first-order valence-electron chi connectivity index (χ1n) is 9.88. The van der Waals surface area contributed by atoms with Crippen LogP contribution in [0.15, 0.2) is 78.9 Å². The Bertz CT molecular complexity index is 1100. The summed E-state index contributed by atoms with van der Waals surface area (Å²) in [6, 6.07) is 24.0. The molecule has 1 amide bonds. The predicted octanol–water partition coefficient (Wildman–Crippen LogP) is 3.66. The van der Waals surface area contributed by atoms with Crippen LogP contribution in [0.3, 0.4) is 0 Å². The summed E-state index contributed by atoms with van der Waals surface area (Å²) in [6.07, 6.45) is 1.18. The monoisotopic (exact) mass is 438 g/mol. The highest BCUT2D eigenvalue weighted by Crippen LogP contribution is 2.24. The van der Waals surface area contributed by atoms with Crippen LogP contribution in [0, 0.1) is 6.92 Å². The van der Waals surface area contributed by atoms with Crippen molar-refractivity contribution in [2.24, 2.45) is 0 Å². The summed E-state index contributed by atoms with van der Waals surface area (Å²) in [6.45, 7) is 2.54. The molecule has 3 aromatic carbocycles. The molecule has 3 rings (SSSR count). The minimum absolute atomic E-state index is 0.120. The zero-order chi connectivity index (χ0) is 22.3. The number of rotatable bonds is 9. The lowest BCUT2D eigenvalue weighted by molar-refractivity contribution is -0.123. The van der Waals surface area contributed by atoms with E-state index in [2.05, 4.69) is 5.32 Å². The second-order valence-corrected chi connectivity index (χ2v) is 9.21. The number of hydrogen-bond acceptors (Lipinski definition) is 4. The highest BCUT2D eigenvalue weighted by Gasteiger charge is 2.18. The molecule has 0 saturated heterocycles. The Morgan fingerprint density at radius 2 is 1.55 bits per heavy atom. The zero-order valence-electron chi connectivity index (χ0n) is 17.6. The number of sulfonamides is 1. The molecule has 0 saturated carbocycles. The molecule has 0 aromatic heterocycles. The molecule has 0 bridgehead atoms. The van der Waals surface area contributed by atoms with Crippen LogP contribution in [-0.4, -0.2) is 27.2 Å². The fourth-order valence-corrected chi connectivity index (χ4v) is 3.85. The van der Waals surface area contributed by atoms with E-state index in [0.29, 0.717) is 18.0 Å². The van der Waals surface area contributed by atoms with E-state index in [1.165, 1.54) is 10.6 Å². The van der Waals surface area contributed by atoms with Crippen LogP contribution in [0.4, 0.5) is 5.69 Å². The number of ether oxygens (including phenoxy) is 1. The summed E-state index contributed by atoms with van der Waals surface area (Å²) < 4.78 is 31.5. The Morgan fingerprint density at radius 3 is 2.16 bits per heavy atom. The molecule has 0 aliphatic carbocycles. The fraction of sp³-hybridized carbons (Fsp3) is 0.208. The first-order valence-corrected chi connectivity index (χ1v) is 11.7. The number of anilines is 1. The molecule has 0 aliphatic rings. The zero-order valence-corrected chi connectivity index (χ0v) is 18.4. The van der Waals surface area contributed by atoms with Crippen molar-refractivity contribution in [3.63, 3.8) is 0 Å². The van der Waals surface area contributed by atoms with Gasteiger partial charge in [0.1, 0.15) is 5.75 Å². The van der Waals surface area contributed by atoms with Crippen LogP contribution in [0.25, 0.3) is 0 Å². The summed E-state index contributed by atoms with van der Waals surface area (Å²) in [5, 5.41) is 2.80. The normalized spacial score (nSPS) is 11.0. The number of carbonyl (C=O) groups is 1. The average molecular weight is 439 g/mol. The minimum atomic E-state index is -3.47. The van der Waals surface area contributed by atoms with Crippen LogP contribution in [-0.2, 0) is 27.9 Å². The van der Waals surface area contributed by atoms with Crippen LogP contribution < -0.4 is 14.4 Å². The third kappa shape index (κ3) is 6.86. The molecule has 31 heavy (non-hydrogen) atoms. The molecule has 3 aromatic rings. The molecule has 0 unspecified atom stereocenters. The van der Waals surface area contributed by atoms with Crippen molar-refractivity contribution in [3.8, 4) is 5.75 Å². The SMILES string of the molecule is Cc1ccc(CN(c2ccc(OCC(=O)NCc3ccccc3)cc2)S(C)(=O)=O)cc1. The Kier molecular flexibility index (Phi) is 7.31. The molecule has 6 nitrogen and oxygen atoms in total. The van der Waals surface area contributed by atoms with Crippen molar-refractivity contribution in [2.75, 3.05) is 17.2 Å². The van der Waals surface area contributed by atoms with Crippen molar-refractivity contribution in [1.29, 1.82) is 0 Å². The second kappa shape index (κ2) is 10.1. The van der Waals surface area contributed by atoms with Crippen molar-refractivity contribution in [1.82, 2.24) is 5.32 Å². The van der Waals surface area contributed by atoms with Gasteiger partial charge >= 0.3 is 0 Å². The van der Waals surface area contributed by atoms with Crippen molar-refractivity contribution in [3.05, 3.63) is 95.6 Å². The number of hydrogen-bond donors (Lipinski definition) is 1. The smallest absolute Gasteiger partial charge is 0.258 e. The van der Waals surface area contributed by atoms with E-state index < -0.39 is 10.0 Å². The maximum atomic E-state index is 12.3. The van der Waals surface area contributed by atoms with E-state index in [0.717, 1.165) is 16.7 Å². The summed E-state index contributed by atoms with van der Waals surface area (Å²) in [7, 11) is -3.47. The maximum absolute atomic E-state index is 12.3. The lowest BCUT2D eigenvalue weighted by Crippen LogP contribution is -2.29. The summed E-state index contributed by atoms with van der Waals surface area (Å²) in [5.41, 5.74) is 3.55. The summed E-state index contributed by atoms with van der Waals surface area (Å²) in [5.74, 6) is 0.257. The van der Waals surface area contributed by atoms with E-state index in [-0.39, 0.29) is 19.1 Å². The predicted molar refractivity (Wildman–Crippen MR) is 122 cm³/mol. The van der Waals surface area contributed by atoms with Crippen LogP contribution in [0.1, 0.15) is 16.7 Å². The Morgan fingerprint density at radius 1 is 0.903 bits per heavy atom. The molecular weight excluding hydrogens is 412 g/mol. The molecule has 0 spiro atoms. The van der Waals surface area contributed by atoms with Gasteiger partial charge < -0.3 is 10.1 Å². The fourth-order valence-electron chi connectivity index (χ4n) is 2.96. The largest absolute Gasteiger partial charge is 0.484 e. The second-order valence-electron chi connectivity index (χ2n) is 7.30. The molecule has 0 heterocycles. The van der Waals surface area contributed by atoms with Gasteiger partial charge in [-0.25, -0.2) is 8.42 Å². The number of carbonyl (C=O) groups excluding carboxylic acids is 1. The van der Waals surface area contributed by atoms with Crippen molar-refractivity contribution >= 4 is 21.6 Å². The lowest BCUT2D eigenvalue weighted by atomic mass is 10.1. The molecule has 162 valence electrons. The number of amides is 1. The van der Waals surface area contributed by atoms with E-state index in [1.54, 1.807) is 24.3 Å². The highest BCUT2D eigenvalue weighted by atomic mass is 32.2. The highest BCUT2D eigenvalue weighted by molar-refractivity contribution is 7.92. The average Bonchev–Trinajstić information content (AvgIpc) is 2.76. The van der Waals surface area contributed by atoms with Gasteiger partial charge in [0.05, 0.1) is 18.5 Å². The van der Waals surface area contributed by atoms with Gasteiger partial charge in [0, 0.05) is 6.54 Å². The van der Waals surface area contributed by atoms with Gasteiger partial charge in [0.15, 0.2) is 6.61 Å². The summed E-state index contributed by atoms with van der Waals surface area (Å²) in [4.78, 5) is 12.0. The van der Waals surface area contributed by atoms with E-state index >= 15 is 0 Å². The first-order chi connectivity index (χ1) is 14.8. The quantitative estimate of drug-likeness (QED) is 0.553. The number of aryl methyl sites for hydroxylation is 1. The van der Waals surface area contributed by atoms with Crippen LogP contribution in [0.5, 0.6) is 5.75 Å². The van der Waals surface area contributed by atoms with Gasteiger partial charge in [0.2, 0.25) is 10.0 Å². The molecule has 0 radical (unpaired) electrons. The van der Waals surface area contributed by atoms with Gasteiger partial charge in [-0.05, 0) is 42.3 Å². The van der Waals surface area contributed by atoms with Gasteiger partial charge in [-0.15, -0.1) is 0 Å². The lowest BCUT2D eigenvalue weighted by Gasteiger charge is -2.23. The number of benzene rings is 3. The maximum Gasteiger partial charge on any atom is 0.258 e. The summed E-state index contributed by atoms with van der Waals surface area (Å²) >= 11 is 0. The number of nitrogens with one attached hydrogen (secondary N) is 1. The third-order valence-electron chi connectivity index (χ3n) is 4.67. The van der Waals surface area contributed by atoms with Gasteiger partial charge in [-0.1, -0.05) is 60.2 Å². The minimum Gasteiger partial charge on any atom is -0.484 e. The molecule has 0 fully saturated rings. The van der Waals surface area contributed by atoms with Gasteiger partial charge in [0.25, 0.3) is 5.91 Å². The first kappa shape index (κ1) is 22.4. The Labute approximate surface area is 183 Å². The van der Waals surface area contributed by atoms with Crippen molar-refractivity contribution < 1.29 is 17.9 Å². The topological polar surface area (TPSA) is 75.7 Å². The third-order valence-corrected chi connectivity index (χ3v) is 5.81. The van der Waals surface area contributed by atoms with E-state index in [9.17, 15) is 13.2 Å². The Balaban J connectivity index is 1.59. The van der Waals surface area contributed by atoms with E-state index in [1.807, 2.05) is 61.5 Å². The standard InChI is InChI=1S/C24H26N2O4S/c1-19-8-10-21(11-9-19)17-26(31(2,28)29)22-12-14-23(15-13-22)30-18-24(27)25-16-20-6-4-3-5-7-20/h3-15H,16-18H2,1-2H3,(H,25,27). The van der Waals surface area contributed by atoms with Gasteiger partial charge in [-0.3, -0.25) is 9.10 Å². The number of nitrogens with zero attached hydrogens (tertiary/aromatic N) is 1. The van der Waals surface area contributed by atoms with E-state index in [4.69, 9.17) is 4.74 Å². The van der Waals surface area contributed by atoms with Crippen molar-refractivity contribution in [2.45, 2.75) is 20.0 Å². The molecule has 7 heteroatoms. The molecule has 0 atom stereocenters. The molecular formula is C24H26N2O4S. The van der Waals surface area contributed by atoms with Gasteiger partial charge in [-0.2, -0.15) is 0 Å². The Hall–Kier alpha value is -3.32. The molecule has 0 aliphatic heterocycles. The van der Waals surface area contributed by atoms with Crippen LogP contribution in [0.2, 0.25) is 0 Å².